The van der Waals surface area contributed by atoms with Gasteiger partial charge in [0, 0.05) is 18.6 Å². The molecule has 2 saturated heterocycles. The molecule has 7 heteroatoms. The molecular weight excluding hydrogens is 460 g/mol. The number of carbonyl (C=O) groups is 2. The fourth-order valence-corrected chi connectivity index (χ4v) is 9.18. The molecule has 1 unspecified atom stereocenters. The first kappa shape index (κ1) is 23.6. The van der Waals surface area contributed by atoms with Crippen LogP contribution in [0.1, 0.15) is 36.8 Å². The van der Waals surface area contributed by atoms with E-state index in [0.717, 1.165) is 30.6 Å². The second-order valence-electron chi connectivity index (χ2n) is 10.7. The molecule has 2 heterocycles. The average Bonchev–Trinajstić information content (AvgIpc) is 3.35. The minimum Gasteiger partial charge on any atom is -0.403 e. The van der Waals surface area contributed by atoms with Gasteiger partial charge in [-0.2, -0.15) is 0 Å². The Morgan fingerprint density at radius 2 is 1.71 bits per heavy atom. The van der Waals surface area contributed by atoms with Gasteiger partial charge in [0.25, 0.3) is 0 Å². The predicted octanol–water partition coefficient (Wildman–Crippen LogP) is 5.32. The van der Waals surface area contributed by atoms with Crippen LogP contribution in [0, 0.1) is 0 Å². The standard InChI is InChI=1S/C27H34N2O3SSi/c1-34(2,3)32-26(17-11-10-16-23(26)30)24-22-19-33-27(29(22)25(31)28-24,21-14-8-5-9-15-21)18-20-12-6-4-7-13-20/h4-9,12-15,22,24H,10-11,16-19H2,1-3H3,(H,28,31)/t22-,24-,26?,27-/m0/s1. The Labute approximate surface area is 207 Å². The van der Waals surface area contributed by atoms with Crippen molar-refractivity contribution in [1.29, 1.82) is 0 Å². The van der Waals surface area contributed by atoms with Gasteiger partial charge < -0.3 is 9.74 Å². The molecule has 4 atom stereocenters. The van der Waals surface area contributed by atoms with Crippen molar-refractivity contribution in [2.75, 3.05) is 5.75 Å². The Hall–Kier alpha value is -2.09. The quantitative estimate of drug-likeness (QED) is 0.552. The van der Waals surface area contributed by atoms with Gasteiger partial charge in [0.15, 0.2) is 14.1 Å². The van der Waals surface area contributed by atoms with E-state index in [0.29, 0.717) is 12.8 Å². The number of thioether (sulfide) groups is 1. The summed E-state index contributed by atoms with van der Waals surface area (Å²) in [5.74, 6) is 0.938. The zero-order chi connectivity index (χ0) is 24.0. The van der Waals surface area contributed by atoms with Crippen molar-refractivity contribution in [1.82, 2.24) is 10.2 Å². The van der Waals surface area contributed by atoms with Crippen molar-refractivity contribution in [3.63, 3.8) is 0 Å². The first-order valence-electron chi connectivity index (χ1n) is 12.3. The highest BCUT2D eigenvalue weighted by Gasteiger charge is 2.64. The molecule has 0 aromatic heterocycles. The summed E-state index contributed by atoms with van der Waals surface area (Å²) in [4.78, 5) is 28.8. The second-order valence-corrected chi connectivity index (χ2v) is 16.4. The molecular formula is C27H34N2O3SSi. The molecule has 1 saturated carbocycles. The molecule has 3 aliphatic rings. The minimum absolute atomic E-state index is 0.0864. The molecule has 5 nitrogen and oxygen atoms in total. The molecule has 0 spiro atoms. The van der Waals surface area contributed by atoms with Crippen LogP contribution >= 0.6 is 11.8 Å². The van der Waals surface area contributed by atoms with Gasteiger partial charge in [0.2, 0.25) is 0 Å². The highest BCUT2D eigenvalue weighted by molar-refractivity contribution is 8.00. The van der Waals surface area contributed by atoms with E-state index in [1.807, 2.05) is 40.9 Å². The van der Waals surface area contributed by atoms with E-state index in [4.69, 9.17) is 4.43 Å². The number of Topliss-reactive ketones (excluding diaryl/α,β-unsaturated/α-hetero) is 1. The molecule has 1 N–H and O–H groups in total. The van der Waals surface area contributed by atoms with Gasteiger partial charge in [-0.05, 0) is 50.0 Å². The molecule has 1 aliphatic carbocycles. The topological polar surface area (TPSA) is 58.6 Å². The van der Waals surface area contributed by atoms with Crippen LogP contribution in [0.4, 0.5) is 4.79 Å². The summed E-state index contributed by atoms with van der Waals surface area (Å²) >= 11 is 1.83. The highest BCUT2D eigenvalue weighted by Crippen LogP contribution is 2.54. The van der Waals surface area contributed by atoms with E-state index in [1.165, 1.54) is 5.56 Å². The normalized spacial score (nSPS) is 31.4. The molecule has 2 aromatic carbocycles. The van der Waals surface area contributed by atoms with Gasteiger partial charge in [0.1, 0.15) is 10.5 Å². The molecule has 2 aromatic rings. The number of amides is 2. The lowest BCUT2D eigenvalue weighted by Crippen LogP contribution is -2.64. The van der Waals surface area contributed by atoms with Crippen LogP contribution in [0.15, 0.2) is 60.7 Å². The number of rotatable bonds is 6. The van der Waals surface area contributed by atoms with Gasteiger partial charge in [-0.1, -0.05) is 60.7 Å². The molecule has 34 heavy (non-hydrogen) atoms. The first-order chi connectivity index (χ1) is 16.3. The number of hydrogen-bond acceptors (Lipinski definition) is 4. The third kappa shape index (κ3) is 4.01. The van der Waals surface area contributed by atoms with Crippen LogP contribution in [-0.4, -0.2) is 48.5 Å². The van der Waals surface area contributed by atoms with Crippen molar-refractivity contribution in [2.45, 2.75) is 74.3 Å². The van der Waals surface area contributed by atoms with Crippen LogP contribution in [0.5, 0.6) is 0 Å². The molecule has 180 valence electrons. The Morgan fingerprint density at radius 1 is 1.03 bits per heavy atom. The Bertz CT molecular complexity index is 1060. The minimum atomic E-state index is -2.05. The van der Waals surface area contributed by atoms with Gasteiger partial charge in [0.05, 0.1) is 12.1 Å². The van der Waals surface area contributed by atoms with Crippen molar-refractivity contribution in [2.24, 2.45) is 0 Å². The zero-order valence-electron chi connectivity index (χ0n) is 20.3. The lowest BCUT2D eigenvalue weighted by molar-refractivity contribution is -0.142. The number of carbonyl (C=O) groups excluding carboxylic acids is 2. The SMILES string of the molecule is C[Si](C)(C)OC1([C@H]2NC(=O)N3[C@H]2CS[C@@]3(Cc2ccccc2)c2ccccc2)CCCCC1=O. The summed E-state index contributed by atoms with van der Waals surface area (Å²) < 4.78 is 6.75. The van der Waals surface area contributed by atoms with E-state index >= 15 is 0 Å². The van der Waals surface area contributed by atoms with Gasteiger partial charge in [-0.3, -0.25) is 9.69 Å². The van der Waals surface area contributed by atoms with Crippen LogP contribution in [0.3, 0.4) is 0 Å². The smallest absolute Gasteiger partial charge is 0.319 e. The summed E-state index contributed by atoms with van der Waals surface area (Å²) in [6.45, 7) is 6.41. The Balaban J connectivity index is 1.57. The first-order valence-corrected chi connectivity index (χ1v) is 16.7. The highest BCUT2D eigenvalue weighted by atomic mass is 32.2. The third-order valence-corrected chi connectivity index (χ3v) is 9.81. The average molecular weight is 495 g/mol. The predicted molar refractivity (Wildman–Crippen MR) is 139 cm³/mol. The van der Waals surface area contributed by atoms with Crippen molar-refractivity contribution >= 4 is 31.9 Å². The van der Waals surface area contributed by atoms with Crippen LogP contribution in [0.2, 0.25) is 19.6 Å². The fraction of sp³-hybridized carbons (Fsp3) is 0.481. The second kappa shape index (κ2) is 8.84. The lowest BCUT2D eigenvalue weighted by Gasteiger charge is -2.45. The van der Waals surface area contributed by atoms with Crippen molar-refractivity contribution in [3.05, 3.63) is 71.8 Å². The van der Waals surface area contributed by atoms with Crippen molar-refractivity contribution in [3.8, 4) is 0 Å². The summed E-state index contributed by atoms with van der Waals surface area (Å²) in [6.07, 6.45) is 3.80. The van der Waals surface area contributed by atoms with E-state index < -0.39 is 18.8 Å². The maximum atomic E-state index is 13.7. The number of benzene rings is 2. The summed E-state index contributed by atoms with van der Waals surface area (Å²) in [6, 6.07) is 20.2. The van der Waals surface area contributed by atoms with Crippen molar-refractivity contribution < 1.29 is 14.0 Å². The molecule has 2 aliphatic heterocycles. The Kier molecular flexibility index (Phi) is 6.15. The van der Waals surface area contributed by atoms with E-state index in [-0.39, 0.29) is 23.9 Å². The third-order valence-electron chi connectivity index (χ3n) is 7.27. The van der Waals surface area contributed by atoms with Crippen LogP contribution < -0.4 is 5.32 Å². The fourth-order valence-electron chi connectivity index (χ4n) is 6.02. The number of nitrogens with one attached hydrogen (secondary N) is 1. The van der Waals surface area contributed by atoms with Gasteiger partial charge >= 0.3 is 6.03 Å². The molecule has 5 rings (SSSR count). The Morgan fingerprint density at radius 3 is 2.35 bits per heavy atom. The maximum absolute atomic E-state index is 13.7. The largest absolute Gasteiger partial charge is 0.403 e. The number of hydrogen-bond donors (Lipinski definition) is 1. The molecule has 0 bridgehead atoms. The number of fused-ring (bicyclic) bond motifs is 1. The van der Waals surface area contributed by atoms with Gasteiger partial charge in [-0.15, -0.1) is 11.8 Å². The van der Waals surface area contributed by atoms with E-state index in [2.05, 4.69) is 61.4 Å². The van der Waals surface area contributed by atoms with E-state index in [9.17, 15) is 9.59 Å². The van der Waals surface area contributed by atoms with Crippen LogP contribution in [-0.2, 0) is 20.5 Å². The monoisotopic (exact) mass is 494 g/mol. The number of nitrogens with zero attached hydrogens (tertiary/aromatic N) is 1. The molecule has 3 fully saturated rings. The lowest BCUT2D eigenvalue weighted by atomic mass is 9.76. The van der Waals surface area contributed by atoms with E-state index in [1.54, 1.807) is 0 Å². The number of urea groups is 1. The summed E-state index contributed by atoms with van der Waals surface area (Å²) in [7, 11) is -2.05. The van der Waals surface area contributed by atoms with Crippen LogP contribution in [0.25, 0.3) is 0 Å². The molecule has 0 radical (unpaired) electrons. The summed E-state index contributed by atoms with van der Waals surface area (Å²) in [5, 5.41) is 3.28. The number of ketones is 1. The molecule has 2 amide bonds. The maximum Gasteiger partial charge on any atom is 0.319 e. The van der Waals surface area contributed by atoms with Gasteiger partial charge in [-0.25, -0.2) is 4.79 Å². The summed E-state index contributed by atoms with van der Waals surface area (Å²) in [5.41, 5.74) is 1.40. The zero-order valence-corrected chi connectivity index (χ0v) is 22.1.